The minimum Gasteiger partial charge on any atom is -0.303 e. The van der Waals surface area contributed by atoms with Crippen molar-refractivity contribution in [2.45, 2.75) is 45.4 Å². The molecule has 3 unspecified atom stereocenters. The molecule has 0 bridgehead atoms. The Morgan fingerprint density at radius 1 is 1.50 bits per heavy atom. The third kappa shape index (κ3) is 1.32. The van der Waals surface area contributed by atoms with E-state index in [1.165, 1.54) is 0 Å². The molecule has 0 aromatic carbocycles. The summed E-state index contributed by atoms with van der Waals surface area (Å²) in [6, 6.07) is 0. The minimum atomic E-state index is 0.149. The van der Waals surface area contributed by atoms with Gasteiger partial charge in [-0.2, -0.15) is 0 Å². The maximum Gasteiger partial charge on any atom is 0.136 e. The van der Waals surface area contributed by atoms with Crippen LogP contribution >= 0.6 is 0 Å². The van der Waals surface area contributed by atoms with Crippen LogP contribution in [-0.4, -0.2) is 12.1 Å². The van der Waals surface area contributed by atoms with Crippen LogP contribution in [-0.2, 0) is 9.59 Å². The summed E-state index contributed by atoms with van der Waals surface area (Å²) in [4.78, 5) is 22.3. The van der Waals surface area contributed by atoms with Gasteiger partial charge in [0, 0.05) is 18.8 Å². The van der Waals surface area contributed by atoms with Crippen molar-refractivity contribution >= 4 is 12.1 Å². The minimum absolute atomic E-state index is 0.149. The van der Waals surface area contributed by atoms with Crippen molar-refractivity contribution in [3.63, 3.8) is 0 Å². The fourth-order valence-electron chi connectivity index (χ4n) is 3.54. The molecule has 2 heteroatoms. The zero-order valence-corrected chi connectivity index (χ0v) is 8.79. The van der Waals surface area contributed by atoms with E-state index < -0.39 is 0 Å². The first-order chi connectivity index (χ1) is 6.68. The molecular weight excluding hydrogens is 176 g/mol. The molecule has 0 N–H and O–H groups in total. The molecule has 2 nitrogen and oxygen atoms in total. The molecule has 2 fully saturated rings. The molecule has 14 heavy (non-hydrogen) atoms. The molecule has 0 heterocycles. The number of carbonyl (C=O) groups is 2. The average Bonchev–Trinajstić information content (AvgIpc) is 2.46. The lowest BCUT2D eigenvalue weighted by Gasteiger charge is -2.39. The van der Waals surface area contributed by atoms with E-state index in [2.05, 4.69) is 6.92 Å². The van der Waals surface area contributed by atoms with Crippen molar-refractivity contribution < 1.29 is 9.59 Å². The lowest BCUT2D eigenvalue weighted by molar-refractivity contribution is -0.130. The molecule has 2 saturated carbocycles. The first kappa shape index (κ1) is 9.88. The molecule has 0 aromatic rings. The van der Waals surface area contributed by atoms with Crippen LogP contribution in [0.25, 0.3) is 0 Å². The molecular formula is C12H18O2. The molecule has 2 rings (SSSR count). The molecule has 0 radical (unpaired) electrons. The normalized spacial score (nSPS) is 42.2. The maximum absolute atomic E-state index is 11.7. The van der Waals surface area contributed by atoms with E-state index in [-0.39, 0.29) is 11.3 Å². The molecule has 0 saturated heterocycles. The predicted molar refractivity (Wildman–Crippen MR) is 53.9 cm³/mol. The van der Waals surface area contributed by atoms with Crippen LogP contribution in [0.3, 0.4) is 0 Å². The third-order valence-electron chi connectivity index (χ3n) is 4.44. The Bertz CT molecular complexity index is 259. The quantitative estimate of drug-likeness (QED) is 0.632. The van der Waals surface area contributed by atoms with E-state index in [1.807, 2.05) is 0 Å². The Morgan fingerprint density at radius 3 is 3.00 bits per heavy atom. The molecule has 0 aliphatic heterocycles. The van der Waals surface area contributed by atoms with Gasteiger partial charge in [0.15, 0.2) is 0 Å². The summed E-state index contributed by atoms with van der Waals surface area (Å²) in [5, 5.41) is 0. The van der Waals surface area contributed by atoms with Crippen molar-refractivity contribution in [3.8, 4) is 0 Å². The molecule has 0 spiro atoms. The standard InChI is InChI=1S/C12H18O2/c1-12-7-2-3-11(14)10(12)5-4-9(12)6-8-13/h8-10H,2-7H2,1H3. The Labute approximate surface area is 85.1 Å². The number of Topliss-reactive ketones (excluding diaryl/α,β-unsaturated/α-hetero) is 1. The smallest absolute Gasteiger partial charge is 0.136 e. The van der Waals surface area contributed by atoms with Crippen LogP contribution in [0.5, 0.6) is 0 Å². The Hall–Kier alpha value is -0.660. The van der Waals surface area contributed by atoms with Crippen molar-refractivity contribution in [1.29, 1.82) is 0 Å². The molecule has 2 aliphatic carbocycles. The van der Waals surface area contributed by atoms with E-state index in [0.717, 1.165) is 38.4 Å². The summed E-state index contributed by atoms with van der Waals surface area (Å²) < 4.78 is 0. The fraction of sp³-hybridized carbons (Fsp3) is 0.833. The summed E-state index contributed by atoms with van der Waals surface area (Å²) in [6.07, 6.45) is 6.72. The van der Waals surface area contributed by atoms with Crippen LogP contribution in [0.4, 0.5) is 0 Å². The third-order valence-corrected chi connectivity index (χ3v) is 4.44. The van der Waals surface area contributed by atoms with Gasteiger partial charge in [-0.05, 0) is 37.0 Å². The number of rotatable bonds is 2. The van der Waals surface area contributed by atoms with Gasteiger partial charge in [0.1, 0.15) is 12.1 Å². The van der Waals surface area contributed by atoms with E-state index in [9.17, 15) is 9.59 Å². The predicted octanol–water partition coefficient (Wildman–Crippen LogP) is 2.36. The highest BCUT2D eigenvalue weighted by molar-refractivity contribution is 5.83. The van der Waals surface area contributed by atoms with E-state index >= 15 is 0 Å². The van der Waals surface area contributed by atoms with Gasteiger partial charge in [-0.3, -0.25) is 4.79 Å². The van der Waals surface area contributed by atoms with Crippen molar-refractivity contribution in [2.24, 2.45) is 17.3 Å². The molecule has 78 valence electrons. The summed E-state index contributed by atoms with van der Waals surface area (Å²) in [7, 11) is 0. The number of carbonyl (C=O) groups excluding carboxylic acids is 2. The average molecular weight is 194 g/mol. The first-order valence-electron chi connectivity index (χ1n) is 5.65. The van der Waals surface area contributed by atoms with Gasteiger partial charge >= 0.3 is 0 Å². The van der Waals surface area contributed by atoms with Gasteiger partial charge in [0.25, 0.3) is 0 Å². The van der Waals surface area contributed by atoms with E-state index in [0.29, 0.717) is 18.1 Å². The number of hydrogen-bond donors (Lipinski definition) is 0. The van der Waals surface area contributed by atoms with Crippen LogP contribution < -0.4 is 0 Å². The molecule has 2 aliphatic rings. The van der Waals surface area contributed by atoms with Crippen molar-refractivity contribution in [3.05, 3.63) is 0 Å². The van der Waals surface area contributed by atoms with Gasteiger partial charge in [-0.15, -0.1) is 0 Å². The van der Waals surface area contributed by atoms with Crippen molar-refractivity contribution in [2.75, 3.05) is 0 Å². The summed E-state index contributed by atoms with van der Waals surface area (Å²) >= 11 is 0. The van der Waals surface area contributed by atoms with E-state index in [1.54, 1.807) is 0 Å². The zero-order valence-electron chi connectivity index (χ0n) is 8.79. The van der Waals surface area contributed by atoms with Crippen LogP contribution in [0.1, 0.15) is 45.4 Å². The van der Waals surface area contributed by atoms with Gasteiger partial charge in [-0.25, -0.2) is 0 Å². The number of aldehydes is 1. The van der Waals surface area contributed by atoms with Crippen LogP contribution in [0.2, 0.25) is 0 Å². The summed E-state index contributed by atoms with van der Waals surface area (Å²) in [5.74, 6) is 1.18. The van der Waals surface area contributed by atoms with Crippen molar-refractivity contribution in [1.82, 2.24) is 0 Å². The first-order valence-corrected chi connectivity index (χ1v) is 5.65. The largest absolute Gasteiger partial charge is 0.303 e. The molecule has 3 atom stereocenters. The Morgan fingerprint density at radius 2 is 2.29 bits per heavy atom. The number of hydrogen-bond acceptors (Lipinski definition) is 2. The topological polar surface area (TPSA) is 34.1 Å². The van der Waals surface area contributed by atoms with Gasteiger partial charge in [0.2, 0.25) is 0 Å². The number of ketones is 1. The lowest BCUT2D eigenvalue weighted by atomic mass is 9.64. The van der Waals surface area contributed by atoms with E-state index in [4.69, 9.17) is 0 Å². The highest BCUT2D eigenvalue weighted by Gasteiger charge is 2.50. The van der Waals surface area contributed by atoms with Crippen LogP contribution in [0, 0.1) is 17.3 Å². The maximum atomic E-state index is 11.7. The SMILES string of the molecule is CC12CCCC(=O)C1CCC2CC=O. The van der Waals surface area contributed by atoms with Crippen LogP contribution in [0.15, 0.2) is 0 Å². The lowest BCUT2D eigenvalue weighted by Crippen LogP contribution is -2.37. The van der Waals surface area contributed by atoms with Gasteiger partial charge in [-0.1, -0.05) is 6.92 Å². The highest BCUT2D eigenvalue weighted by atomic mass is 16.1. The second-order valence-electron chi connectivity index (χ2n) is 5.05. The summed E-state index contributed by atoms with van der Waals surface area (Å²) in [5.41, 5.74) is 0.149. The highest BCUT2D eigenvalue weighted by Crippen LogP contribution is 2.54. The zero-order chi connectivity index (χ0) is 10.2. The Kier molecular flexibility index (Phi) is 2.46. The second kappa shape index (κ2) is 3.48. The molecule has 0 aromatic heterocycles. The Balaban J connectivity index is 2.19. The summed E-state index contributed by atoms with van der Waals surface area (Å²) in [6.45, 7) is 2.22. The second-order valence-corrected chi connectivity index (χ2v) is 5.05. The fourth-order valence-corrected chi connectivity index (χ4v) is 3.54. The monoisotopic (exact) mass is 194 g/mol. The van der Waals surface area contributed by atoms with Gasteiger partial charge < -0.3 is 4.79 Å². The van der Waals surface area contributed by atoms with Gasteiger partial charge in [0.05, 0.1) is 0 Å². The molecule has 0 amide bonds. The number of fused-ring (bicyclic) bond motifs is 1.